The number of halogens is 2. The van der Waals surface area contributed by atoms with Crippen molar-refractivity contribution in [2.24, 2.45) is 4.99 Å². The third kappa shape index (κ3) is 5.23. The fourth-order valence-electron chi connectivity index (χ4n) is 4.08. The molecule has 2 aliphatic heterocycles. The Morgan fingerprint density at radius 3 is 2.28 bits per heavy atom. The average Bonchev–Trinajstić information content (AvgIpc) is 3.27. The highest BCUT2D eigenvalue weighted by atomic mass is 19.1. The van der Waals surface area contributed by atoms with Gasteiger partial charge < -0.3 is 15.1 Å². The molecule has 0 radical (unpaired) electrons. The highest BCUT2D eigenvalue weighted by molar-refractivity contribution is 5.82. The summed E-state index contributed by atoms with van der Waals surface area (Å²) < 4.78 is 27.5. The zero-order chi connectivity index (χ0) is 20.8. The van der Waals surface area contributed by atoms with Crippen LogP contribution >= 0.6 is 0 Å². The number of nitrogens with one attached hydrogen (secondary N) is 1. The van der Waals surface area contributed by atoms with Gasteiger partial charge in [-0.05, 0) is 38.3 Å². The number of likely N-dealkylation sites (tertiary alicyclic amines) is 1. The molecule has 0 saturated carbocycles. The lowest BCUT2D eigenvalue weighted by Crippen LogP contribution is -2.57. The fourth-order valence-corrected chi connectivity index (χ4v) is 4.08. The van der Waals surface area contributed by atoms with Crippen LogP contribution in [0.15, 0.2) is 23.2 Å². The van der Waals surface area contributed by atoms with Crippen molar-refractivity contribution in [2.45, 2.75) is 32.2 Å². The van der Waals surface area contributed by atoms with E-state index in [4.69, 9.17) is 0 Å². The molecule has 2 aliphatic rings. The Kier molecular flexibility index (Phi) is 7.41. The quantitative estimate of drug-likeness (QED) is 0.597. The summed E-state index contributed by atoms with van der Waals surface area (Å²) in [6, 6.07) is 3.82. The minimum absolute atomic E-state index is 0.0922. The topological polar surface area (TPSA) is 51.2 Å². The van der Waals surface area contributed by atoms with Gasteiger partial charge in [0.15, 0.2) is 5.96 Å². The van der Waals surface area contributed by atoms with Crippen molar-refractivity contribution in [3.8, 4) is 0 Å². The summed E-state index contributed by atoms with van der Waals surface area (Å²) in [5.41, 5.74) is 0.0922. The first-order valence-electron chi connectivity index (χ1n) is 10.4. The Morgan fingerprint density at radius 2 is 1.69 bits per heavy atom. The van der Waals surface area contributed by atoms with Gasteiger partial charge in [-0.3, -0.25) is 14.7 Å². The SMILES string of the molecule is CN=C(NCCc1c(F)cccc1F)N1CCN(C(C)C(=O)N2CCCC2)CC1. The molecule has 6 nitrogen and oxygen atoms in total. The number of aliphatic imine (C=N–C) groups is 1. The second kappa shape index (κ2) is 10.0. The third-order valence-electron chi connectivity index (χ3n) is 5.87. The molecule has 1 amide bonds. The van der Waals surface area contributed by atoms with Crippen LogP contribution in [-0.2, 0) is 11.2 Å². The average molecular weight is 408 g/mol. The summed E-state index contributed by atoms with van der Waals surface area (Å²) in [6.07, 6.45) is 2.45. The second-order valence-corrected chi connectivity index (χ2v) is 7.66. The van der Waals surface area contributed by atoms with Crippen LogP contribution in [0.4, 0.5) is 8.78 Å². The first-order chi connectivity index (χ1) is 14.0. The number of rotatable bonds is 5. The van der Waals surface area contributed by atoms with E-state index in [1.165, 1.54) is 18.2 Å². The lowest BCUT2D eigenvalue weighted by molar-refractivity contribution is -0.135. The molecule has 29 heavy (non-hydrogen) atoms. The lowest BCUT2D eigenvalue weighted by Gasteiger charge is -2.39. The van der Waals surface area contributed by atoms with Crippen molar-refractivity contribution in [1.82, 2.24) is 20.0 Å². The zero-order valence-corrected chi connectivity index (χ0v) is 17.3. The number of nitrogens with zero attached hydrogens (tertiary/aromatic N) is 4. The van der Waals surface area contributed by atoms with E-state index in [0.29, 0.717) is 6.54 Å². The van der Waals surface area contributed by atoms with Crippen LogP contribution in [0.25, 0.3) is 0 Å². The summed E-state index contributed by atoms with van der Waals surface area (Å²) in [5.74, 6) is -0.0931. The monoisotopic (exact) mass is 407 g/mol. The number of carbonyl (C=O) groups excluding carboxylic acids is 1. The van der Waals surface area contributed by atoms with Crippen molar-refractivity contribution in [1.29, 1.82) is 0 Å². The van der Waals surface area contributed by atoms with E-state index >= 15 is 0 Å². The molecule has 160 valence electrons. The van der Waals surface area contributed by atoms with E-state index in [9.17, 15) is 13.6 Å². The number of hydrogen-bond acceptors (Lipinski definition) is 3. The Labute approximate surface area is 171 Å². The molecule has 8 heteroatoms. The second-order valence-electron chi connectivity index (χ2n) is 7.66. The van der Waals surface area contributed by atoms with Crippen LogP contribution in [0, 0.1) is 11.6 Å². The van der Waals surface area contributed by atoms with Gasteiger partial charge in [0.05, 0.1) is 6.04 Å². The van der Waals surface area contributed by atoms with Crippen molar-refractivity contribution in [3.05, 3.63) is 35.4 Å². The molecule has 2 heterocycles. The van der Waals surface area contributed by atoms with Gasteiger partial charge in [-0.2, -0.15) is 0 Å². The van der Waals surface area contributed by atoms with Crippen LogP contribution < -0.4 is 5.32 Å². The van der Waals surface area contributed by atoms with Crippen molar-refractivity contribution >= 4 is 11.9 Å². The van der Waals surface area contributed by atoms with Gasteiger partial charge in [0.25, 0.3) is 0 Å². The van der Waals surface area contributed by atoms with Gasteiger partial charge in [0.2, 0.25) is 5.91 Å². The van der Waals surface area contributed by atoms with E-state index in [1.54, 1.807) is 7.05 Å². The molecule has 3 rings (SSSR count). The Hall–Kier alpha value is -2.22. The molecule has 1 unspecified atom stereocenters. The van der Waals surface area contributed by atoms with Crippen LogP contribution in [0.5, 0.6) is 0 Å². The summed E-state index contributed by atoms with van der Waals surface area (Å²) >= 11 is 0. The minimum atomic E-state index is -0.521. The zero-order valence-electron chi connectivity index (χ0n) is 17.3. The maximum Gasteiger partial charge on any atom is 0.239 e. The summed E-state index contributed by atoms with van der Waals surface area (Å²) in [4.78, 5) is 23.2. The van der Waals surface area contributed by atoms with Gasteiger partial charge >= 0.3 is 0 Å². The van der Waals surface area contributed by atoms with E-state index in [0.717, 1.165) is 58.1 Å². The molecule has 1 aromatic carbocycles. The Bertz CT molecular complexity index is 708. The van der Waals surface area contributed by atoms with Crippen LogP contribution in [-0.4, -0.2) is 85.5 Å². The summed E-state index contributed by atoms with van der Waals surface area (Å²) in [6.45, 7) is 7.22. The number of carbonyl (C=O) groups is 1. The normalized spacial score (nSPS) is 19.5. The number of amides is 1. The molecular weight excluding hydrogens is 376 g/mol. The number of hydrogen-bond donors (Lipinski definition) is 1. The molecule has 1 atom stereocenters. The molecule has 0 aliphatic carbocycles. The number of benzene rings is 1. The highest BCUT2D eigenvalue weighted by Crippen LogP contribution is 2.15. The standard InChI is InChI=1S/C21H31F2N5O/c1-16(20(29)27-10-3-4-11-27)26-12-14-28(15-13-26)21(24-2)25-9-8-17-18(22)6-5-7-19(17)23/h5-7,16H,3-4,8-15H2,1-2H3,(H,24,25). The predicted octanol–water partition coefficient (Wildman–Crippen LogP) is 1.71. The fraction of sp³-hybridized carbons (Fsp3) is 0.619. The van der Waals surface area contributed by atoms with Crippen molar-refractivity contribution < 1.29 is 13.6 Å². The van der Waals surface area contributed by atoms with Crippen molar-refractivity contribution in [2.75, 3.05) is 52.9 Å². The minimum Gasteiger partial charge on any atom is -0.356 e. The predicted molar refractivity (Wildman–Crippen MR) is 110 cm³/mol. The van der Waals surface area contributed by atoms with Crippen LogP contribution in [0.3, 0.4) is 0 Å². The number of guanidine groups is 1. The lowest BCUT2D eigenvalue weighted by atomic mass is 10.1. The van der Waals surface area contributed by atoms with E-state index in [2.05, 4.69) is 20.1 Å². The molecule has 0 spiro atoms. The first-order valence-corrected chi connectivity index (χ1v) is 10.4. The van der Waals surface area contributed by atoms with E-state index in [1.807, 2.05) is 11.8 Å². The van der Waals surface area contributed by atoms with Gasteiger partial charge in [0.1, 0.15) is 11.6 Å². The van der Waals surface area contributed by atoms with Crippen molar-refractivity contribution in [3.63, 3.8) is 0 Å². The van der Waals surface area contributed by atoms with Gasteiger partial charge in [-0.25, -0.2) is 8.78 Å². The van der Waals surface area contributed by atoms with Crippen LogP contribution in [0.2, 0.25) is 0 Å². The highest BCUT2D eigenvalue weighted by Gasteiger charge is 2.30. The summed E-state index contributed by atoms with van der Waals surface area (Å²) in [7, 11) is 1.71. The molecule has 1 N–H and O–H groups in total. The Balaban J connectivity index is 1.46. The first kappa shape index (κ1) is 21.5. The largest absolute Gasteiger partial charge is 0.356 e. The molecular formula is C21H31F2N5O. The third-order valence-corrected chi connectivity index (χ3v) is 5.87. The maximum absolute atomic E-state index is 13.8. The Morgan fingerprint density at radius 1 is 1.07 bits per heavy atom. The van der Waals surface area contributed by atoms with Gasteiger partial charge in [-0.1, -0.05) is 6.07 Å². The van der Waals surface area contributed by atoms with Crippen LogP contribution in [0.1, 0.15) is 25.3 Å². The van der Waals surface area contributed by atoms with E-state index in [-0.39, 0.29) is 23.9 Å². The maximum atomic E-state index is 13.8. The molecule has 2 fully saturated rings. The molecule has 0 aromatic heterocycles. The smallest absolute Gasteiger partial charge is 0.239 e. The molecule has 1 aromatic rings. The molecule has 2 saturated heterocycles. The van der Waals surface area contributed by atoms with Gasteiger partial charge in [0, 0.05) is 58.4 Å². The van der Waals surface area contributed by atoms with Gasteiger partial charge in [-0.15, -0.1) is 0 Å². The molecule has 0 bridgehead atoms. The summed E-state index contributed by atoms with van der Waals surface area (Å²) in [5, 5.41) is 3.20. The number of piperazine rings is 1. The van der Waals surface area contributed by atoms with E-state index < -0.39 is 11.6 Å².